The van der Waals surface area contributed by atoms with Crippen molar-refractivity contribution in [1.82, 2.24) is 10.6 Å². The molecule has 6 nitrogen and oxygen atoms in total. The topological polar surface area (TPSA) is 92.3 Å². The summed E-state index contributed by atoms with van der Waals surface area (Å²) in [6.45, 7) is 3.71. The first-order valence-corrected chi connectivity index (χ1v) is 12.0. The van der Waals surface area contributed by atoms with Gasteiger partial charge in [0.05, 0.1) is 17.4 Å². The molecule has 2 N–H and O–H groups in total. The highest BCUT2D eigenvalue weighted by Gasteiger charge is 2.33. The fraction of sp³-hybridized carbons (Fsp3) is 0.391. The lowest BCUT2D eigenvalue weighted by molar-refractivity contribution is -0.130. The third-order valence-corrected chi connectivity index (χ3v) is 7.12. The van der Waals surface area contributed by atoms with Crippen LogP contribution in [0.3, 0.4) is 0 Å². The van der Waals surface area contributed by atoms with Crippen LogP contribution in [0, 0.1) is 5.92 Å². The number of hydrogen-bond donors (Lipinski definition) is 2. The normalized spacial score (nSPS) is 18.9. The number of carbonyl (C=O) groups excluding carboxylic acids is 2. The summed E-state index contributed by atoms with van der Waals surface area (Å²) in [6.07, 6.45) is 0.406. The lowest BCUT2D eigenvalue weighted by Gasteiger charge is -2.26. The summed E-state index contributed by atoms with van der Waals surface area (Å²) >= 11 is 0. The number of sulfone groups is 1. The highest BCUT2D eigenvalue weighted by Crippen LogP contribution is 2.25. The molecule has 160 valence electrons. The van der Waals surface area contributed by atoms with E-state index in [-0.39, 0.29) is 29.2 Å². The van der Waals surface area contributed by atoms with Crippen LogP contribution in [0.1, 0.15) is 37.3 Å². The van der Waals surface area contributed by atoms with Crippen molar-refractivity contribution in [3.05, 3.63) is 71.8 Å². The molecule has 1 aliphatic rings. The van der Waals surface area contributed by atoms with Gasteiger partial charge in [-0.05, 0) is 23.5 Å². The van der Waals surface area contributed by atoms with Crippen LogP contribution >= 0.6 is 0 Å². The van der Waals surface area contributed by atoms with Crippen LogP contribution in [0.15, 0.2) is 60.7 Å². The summed E-state index contributed by atoms with van der Waals surface area (Å²) in [5.41, 5.74) is 1.68. The van der Waals surface area contributed by atoms with Crippen molar-refractivity contribution < 1.29 is 18.0 Å². The Morgan fingerprint density at radius 3 is 1.87 bits per heavy atom. The number of rotatable bonds is 7. The molecule has 1 aliphatic heterocycles. The van der Waals surface area contributed by atoms with Gasteiger partial charge < -0.3 is 10.6 Å². The SMILES string of the molecule is CC(C)[C@@H](NC(=O)C(c1ccccc1)c1ccccc1)C(=O)N[C@H]1CCS(=O)(=O)C1. The first-order chi connectivity index (χ1) is 14.3. The van der Waals surface area contributed by atoms with E-state index in [9.17, 15) is 18.0 Å². The third-order valence-electron chi connectivity index (χ3n) is 5.35. The average molecular weight is 429 g/mol. The predicted octanol–water partition coefficient (Wildman–Crippen LogP) is 2.26. The molecule has 0 aromatic heterocycles. The van der Waals surface area contributed by atoms with Gasteiger partial charge in [0.15, 0.2) is 9.84 Å². The minimum atomic E-state index is -3.10. The van der Waals surface area contributed by atoms with Gasteiger partial charge in [0, 0.05) is 6.04 Å². The number of carbonyl (C=O) groups is 2. The molecule has 30 heavy (non-hydrogen) atoms. The Hall–Kier alpha value is -2.67. The van der Waals surface area contributed by atoms with Crippen molar-refractivity contribution in [2.75, 3.05) is 11.5 Å². The highest BCUT2D eigenvalue weighted by molar-refractivity contribution is 7.91. The van der Waals surface area contributed by atoms with E-state index in [1.54, 1.807) is 0 Å². The quantitative estimate of drug-likeness (QED) is 0.708. The summed E-state index contributed by atoms with van der Waals surface area (Å²) in [5.74, 6) is -1.28. The Balaban J connectivity index is 1.79. The molecule has 0 aliphatic carbocycles. The second-order valence-electron chi connectivity index (χ2n) is 8.09. The maximum absolute atomic E-state index is 13.3. The molecule has 1 fully saturated rings. The molecule has 0 saturated carbocycles. The van der Waals surface area contributed by atoms with Crippen molar-refractivity contribution in [2.24, 2.45) is 5.92 Å². The van der Waals surface area contributed by atoms with Crippen LogP contribution in [0.4, 0.5) is 0 Å². The molecule has 2 atom stereocenters. The largest absolute Gasteiger partial charge is 0.351 e. The van der Waals surface area contributed by atoms with Crippen LogP contribution in [0.25, 0.3) is 0 Å². The molecule has 0 bridgehead atoms. The Morgan fingerprint density at radius 1 is 0.900 bits per heavy atom. The summed E-state index contributed by atoms with van der Waals surface area (Å²) in [4.78, 5) is 26.2. The van der Waals surface area contributed by atoms with Crippen LogP contribution in [0.2, 0.25) is 0 Å². The fourth-order valence-electron chi connectivity index (χ4n) is 3.76. The average Bonchev–Trinajstić information content (AvgIpc) is 3.05. The molecule has 0 radical (unpaired) electrons. The van der Waals surface area contributed by atoms with Gasteiger partial charge in [-0.1, -0.05) is 74.5 Å². The molecule has 0 unspecified atom stereocenters. The van der Waals surface area contributed by atoms with Gasteiger partial charge in [-0.15, -0.1) is 0 Å². The number of amides is 2. The van der Waals surface area contributed by atoms with Crippen LogP contribution in [-0.2, 0) is 19.4 Å². The molecule has 2 amide bonds. The maximum atomic E-state index is 13.3. The van der Waals surface area contributed by atoms with Gasteiger partial charge in [-0.25, -0.2) is 8.42 Å². The third kappa shape index (κ3) is 5.48. The Morgan fingerprint density at radius 2 is 1.43 bits per heavy atom. The van der Waals surface area contributed by atoms with Gasteiger partial charge in [-0.2, -0.15) is 0 Å². The number of benzene rings is 2. The molecular formula is C23H28N2O4S. The minimum Gasteiger partial charge on any atom is -0.351 e. The molecule has 7 heteroatoms. The van der Waals surface area contributed by atoms with E-state index in [0.29, 0.717) is 6.42 Å². The van der Waals surface area contributed by atoms with Gasteiger partial charge in [0.25, 0.3) is 0 Å². The van der Waals surface area contributed by atoms with Crippen molar-refractivity contribution >= 4 is 21.7 Å². The molecular weight excluding hydrogens is 400 g/mol. The van der Waals surface area contributed by atoms with E-state index in [4.69, 9.17) is 0 Å². The van der Waals surface area contributed by atoms with E-state index in [0.717, 1.165) is 11.1 Å². The van der Waals surface area contributed by atoms with Crippen LogP contribution < -0.4 is 10.6 Å². The predicted molar refractivity (Wildman–Crippen MR) is 117 cm³/mol. The van der Waals surface area contributed by atoms with Gasteiger partial charge >= 0.3 is 0 Å². The van der Waals surface area contributed by atoms with Gasteiger partial charge in [0.2, 0.25) is 11.8 Å². The molecule has 2 aromatic carbocycles. The number of hydrogen-bond acceptors (Lipinski definition) is 4. The standard InChI is InChI=1S/C23H28N2O4S/c1-16(2)21(23(27)24-19-13-14-30(28,29)15-19)25-22(26)20(17-9-5-3-6-10-17)18-11-7-4-8-12-18/h3-12,16,19-21H,13-15H2,1-2H3,(H,24,27)(H,25,26)/t19-,21+/m0/s1. The maximum Gasteiger partial charge on any atom is 0.243 e. The first-order valence-electron chi connectivity index (χ1n) is 10.2. The van der Waals surface area contributed by atoms with Crippen molar-refractivity contribution in [3.8, 4) is 0 Å². The fourth-order valence-corrected chi connectivity index (χ4v) is 5.43. The molecule has 3 rings (SSSR count). The Kier molecular flexibility index (Phi) is 6.92. The summed E-state index contributed by atoms with van der Waals surface area (Å²) in [5, 5.41) is 5.71. The van der Waals surface area contributed by atoms with Crippen LogP contribution in [-0.4, -0.2) is 43.8 Å². The van der Waals surface area contributed by atoms with Crippen molar-refractivity contribution in [2.45, 2.75) is 38.3 Å². The lowest BCUT2D eigenvalue weighted by Crippen LogP contribution is -2.53. The summed E-state index contributed by atoms with van der Waals surface area (Å²) < 4.78 is 23.4. The van der Waals surface area contributed by atoms with E-state index < -0.39 is 27.8 Å². The second-order valence-corrected chi connectivity index (χ2v) is 10.3. The zero-order valence-corrected chi connectivity index (χ0v) is 18.1. The minimum absolute atomic E-state index is 0.0475. The zero-order valence-electron chi connectivity index (χ0n) is 17.2. The highest BCUT2D eigenvalue weighted by atomic mass is 32.2. The van der Waals surface area contributed by atoms with E-state index >= 15 is 0 Å². The van der Waals surface area contributed by atoms with E-state index in [2.05, 4.69) is 10.6 Å². The molecule has 1 heterocycles. The van der Waals surface area contributed by atoms with Crippen molar-refractivity contribution in [3.63, 3.8) is 0 Å². The number of nitrogens with one attached hydrogen (secondary N) is 2. The summed E-state index contributed by atoms with van der Waals surface area (Å²) in [7, 11) is -3.10. The molecule has 2 aromatic rings. The lowest BCUT2D eigenvalue weighted by atomic mass is 9.89. The van der Waals surface area contributed by atoms with Gasteiger partial charge in [0.1, 0.15) is 6.04 Å². The van der Waals surface area contributed by atoms with E-state index in [1.165, 1.54) is 0 Å². The zero-order chi connectivity index (χ0) is 21.7. The van der Waals surface area contributed by atoms with Crippen LogP contribution in [0.5, 0.6) is 0 Å². The van der Waals surface area contributed by atoms with Crippen molar-refractivity contribution in [1.29, 1.82) is 0 Å². The molecule has 1 saturated heterocycles. The second kappa shape index (κ2) is 9.43. The van der Waals surface area contributed by atoms with E-state index in [1.807, 2.05) is 74.5 Å². The first kappa shape index (κ1) is 22.0. The summed E-state index contributed by atoms with van der Waals surface area (Å²) in [6, 6.07) is 17.7. The Labute approximate surface area is 178 Å². The Bertz CT molecular complexity index is 935. The van der Waals surface area contributed by atoms with Gasteiger partial charge in [-0.3, -0.25) is 9.59 Å². The monoisotopic (exact) mass is 428 g/mol. The smallest absolute Gasteiger partial charge is 0.243 e. The molecule has 0 spiro atoms.